The molecule has 0 aliphatic rings. The summed E-state index contributed by atoms with van der Waals surface area (Å²) in [5, 5.41) is 12.9. The molecule has 1 aromatic heterocycles. The Morgan fingerprint density at radius 1 is 1.48 bits per heavy atom. The van der Waals surface area contributed by atoms with Crippen LogP contribution in [0.25, 0.3) is 6.08 Å². The number of amides is 2. The zero-order valence-electron chi connectivity index (χ0n) is 12.1. The first-order valence-corrected chi connectivity index (χ1v) is 7.20. The molecule has 6 nitrogen and oxygen atoms in total. The number of carbonyl (C=O) groups is 3. The lowest BCUT2D eigenvalue weighted by atomic mass is 10.1. The molecule has 1 unspecified atom stereocenters. The summed E-state index contributed by atoms with van der Waals surface area (Å²) in [7, 11) is 3.17. The second-order valence-corrected chi connectivity index (χ2v) is 5.49. The molecule has 0 aromatic carbocycles. The number of carboxylic acid groups (broad SMARTS) is 1. The minimum atomic E-state index is -1.07. The fourth-order valence-electron chi connectivity index (χ4n) is 1.78. The molecular formula is C14H18N2O4S. The van der Waals surface area contributed by atoms with Crippen molar-refractivity contribution in [2.75, 3.05) is 20.6 Å². The summed E-state index contributed by atoms with van der Waals surface area (Å²) >= 11 is 1.24. The van der Waals surface area contributed by atoms with Gasteiger partial charge in [-0.05, 0) is 23.1 Å². The quantitative estimate of drug-likeness (QED) is 0.775. The van der Waals surface area contributed by atoms with E-state index in [-0.39, 0.29) is 17.7 Å². The Morgan fingerprint density at radius 2 is 2.14 bits per heavy atom. The van der Waals surface area contributed by atoms with E-state index in [1.807, 2.05) is 0 Å². The molecule has 1 rings (SSSR count). The maximum atomic E-state index is 12.3. The summed E-state index contributed by atoms with van der Waals surface area (Å²) in [5.74, 6) is -1.75. The third kappa shape index (κ3) is 4.71. The molecule has 2 N–H and O–H groups in total. The predicted molar refractivity (Wildman–Crippen MR) is 81.2 cm³/mol. The van der Waals surface area contributed by atoms with Crippen LogP contribution in [0.2, 0.25) is 0 Å². The normalized spacial score (nSPS) is 12.1. The van der Waals surface area contributed by atoms with E-state index in [0.717, 1.165) is 6.08 Å². The summed E-state index contributed by atoms with van der Waals surface area (Å²) in [5.41, 5.74) is 0.562. The number of aliphatic carboxylic acids is 1. The van der Waals surface area contributed by atoms with Gasteiger partial charge in [-0.25, -0.2) is 4.79 Å². The molecule has 7 heteroatoms. The van der Waals surface area contributed by atoms with Crippen LogP contribution in [0.5, 0.6) is 0 Å². The van der Waals surface area contributed by atoms with Gasteiger partial charge in [-0.2, -0.15) is 0 Å². The molecule has 0 aliphatic heterocycles. The molecule has 0 saturated heterocycles. The van der Waals surface area contributed by atoms with Gasteiger partial charge in [-0.3, -0.25) is 9.59 Å². The van der Waals surface area contributed by atoms with Crippen molar-refractivity contribution in [2.24, 2.45) is 5.92 Å². The maximum absolute atomic E-state index is 12.3. The van der Waals surface area contributed by atoms with E-state index in [0.29, 0.717) is 17.0 Å². The number of nitrogens with one attached hydrogen (secondary N) is 1. The Balaban J connectivity index is 2.82. The molecule has 0 radical (unpaired) electrons. The van der Waals surface area contributed by atoms with Gasteiger partial charge in [0.1, 0.15) is 0 Å². The van der Waals surface area contributed by atoms with Crippen LogP contribution in [0.4, 0.5) is 0 Å². The first-order valence-electron chi connectivity index (χ1n) is 6.32. The minimum absolute atomic E-state index is 0.133. The van der Waals surface area contributed by atoms with Crippen molar-refractivity contribution in [3.05, 3.63) is 28.0 Å². The Morgan fingerprint density at radius 3 is 2.71 bits per heavy atom. The van der Waals surface area contributed by atoms with E-state index in [9.17, 15) is 14.4 Å². The van der Waals surface area contributed by atoms with Crippen molar-refractivity contribution in [3.63, 3.8) is 0 Å². The number of hydrogen-bond acceptors (Lipinski definition) is 4. The summed E-state index contributed by atoms with van der Waals surface area (Å²) < 4.78 is 0. The largest absolute Gasteiger partial charge is 0.478 e. The zero-order chi connectivity index (χ0) is 16.0. The van der Waals surface area contributed by atoms with E-state index < -0.39 is 5.97 Å². The van der Waals surface area contributed by atoms with Crippen LogP contribution < -0.4 is 5.32 Å². The van der Waals surface area contributed by atoms with Crippen molar-refractivity contribution in [2.45, 2.75) is 6.92 Å². The molecule has 0 spiro atoms. The van der Waals surface area contributed by atoms with Crippen molar-refractivity contribution in [1.82, 2.24) is 10.2 Å². The second kappa shape index (κ2) is 7.58. The molecule has 0 saturated carbocycles. The molecule has 1 aromatic rings. The van der Waals surface area contributed by atoms with Gasteiger partial charge in [-0.1, -0.05) is 6.92 Å². The summed E-state index contributed by atoms with van der Waals surface area (Å²) in [6.07, 6.45) is 2.38. The molecule has 2 amide bonds. The van der Waals surface area contributed by atoms with Crippen LogP contribution in [-0.4, -0.2) is 48.4 Å². The molecule has 21 heavy (non-hydrogen) atoms. The highest BCUT2D eigenvalue weighted by atomic mass is 32.1. The summed E-state index contributed by atoms with van der Waals surface area (Å²) in [4.78, 5) is 36.3. The lowest BCUT2D eigenvalue weighted by molar-refractivity contribution is -0.131. The fraction of sp³-hybridized carbons (Fsp3) is 0.357. The number of carboxylic acids is 1. The summed E-state index contributed by atoms with van der Waals surface area (Å²) in [6, 6.07) is 1.69. The first-order chi connectivity index (χ1) is 9.86. The van der Waals surface area contributed by atoms with Gasteiger partial charge < -0.3 is 15.3 Å². The fourth-order valence-corrected chi connectivity index (χ4v) is 2.66. The monoisotopic (exact) mass is 310 g/mol. The van der Waals surface area contributed by atoms with Crippen molar-refractivity contribution in [1.29, 1.82) is 0 Å². The number of hydrogen-bond donors (Lipinski definition) is 2. The van der Waals surface area contributed by atoms with Crippen molar-refractivity contribution in [3.8, 4) is 0 Å². The highest BCUT2D eigenvalue weighted by Gasteiger charge is 2.20. The minimum Gasteiger partial charge on any atom is -0.478 e. The van der Waals surface area contributed by atoms with E-state index in [2.05, 4.69) is 5.32 Å². The molecule has 1 heterocycles. The Labute approximate surface area is 127 Å². The SMILES string of the molecule is CNC(=O)C(C)CN(C)C(=O)c1sccc1/C=C/C(=O)O. The van der Waals surface area contributed by atoms with Gasteiger partial charge in [0, 0.05) is 26.7 Å². The van der Waals surface area contributed by atoms with Gasteiger partial charge >= 0.3 is 5.97 Å². The average Bonchev–Trinajstić information content (AvgIpc) is 2.91. The van der Waals surface area contributed by atoms with Crippen molar-refractivity contribution < 1.29 is 19.5 Å². The second-order valence-electron chi connectivity index (χ2n) is 4.58. The number of rotatable bonds is 6. The van der Waals surface area contributed by atoms with Gasteiger partial charge in [0.15, 0.2) is 0 Å². The molecule has 0 bridgehead atoms. The Hall–Kier alpha value is -2.15. The van der Waals surface area contributed by atoms with Gasteiger partial charge in [0.05, 0.1) is 10.8 Å². The maximum Gasteiger partial charge on any atom is 0.328 e. The summed E-state index contributed by atoms with van der Waals surface area (Å²) in [6.45, 7) is 2.03. The molecule has 0 fully saturated rings. The number of carbonyl (C=O) groups excluding carboxylic acids is 2. The van der Waals surface area contributed by atoms with Crippen LogP contribution in [0, 0.1) is 5.92 Å². The van der Waals surface area contributed by atoms with E-state index >= 15 is 0 Å². The molecular weight excluding hydrogens is 292 g/mol. The Bertz CT molecular complexity index is 565. The number of nitrogens with zero attached hydrogens (tertiary/aromatic N) is 1. The topological polar surface area (TPSA) is 86.7 Å². The highest BCUT2D eigenvalue weighted by molar-refractivity contribution is 7.12. The number of thiophene rings is 1. The molecule has 114 valence electrons. The van der Waals surface area contributed by atoms with Crippen LogP contribution in [0.3, 0.4) is 0 Å². The smallest absolute Gasteiger partial charge is 0.328 e. The van der Waals surface area contributed by atoms with Crippen LogP contribution >= 0.6 is 11.3 Å². The third-order valence-corrected chi connectivity index (χ3v) is 3.80. The lowest BCUT2D eigenvalue weighted by Crippen LogP contribution is -2.37. The standard InChI is InChI=1S/C14H18N2O4S/c1-9(13(19)15-2)8-16(3)14(20)12-10(6-7-21-12)4-5-11(17)18/h4-7,9H,8H2,1-3H3,(H,15,19)(H,17,18)/b5-4+. The Kier molecular flexibility index (Phi) is 6.10. The van der Waals surface area contributed by atoms with Gasteiger partial charge in [-0.15, -0.1) is 11.3 Å². The van der Waals surface area contributed by atoms with Gasteiger partial charge in [0.2, 0.25) is 5.91 Å². The zero-order valence-corrected chi connectivity index (χ0v) is 12.9. The van der Waals surface area contributed by atoms with E-state index in [1.165, 1.54) is 22.3 Å². The van der Waals surface area contributed by atoms with Crippen LogP contribution in [0.1, 0.15) is 22.2 Å². The van der Waals surface area contributed by atoms with Gasteiger partial charge in [0.25, 0.3) is 5.91 Å². The van der Waals surface area contributed by atoms with Crippen molar-refractivity contribution >= 4 is 35.2 Å². The first kappa shape index (κ1) is 16.9. The predicted octanol–water partition coefficient (Wildman–Crippen LogP) is 1.30. The molecule has 0 aliphatic carbocycles. The third-order valence-electron chi connectivity index (χ3n) is 2.88. The molecule has 1 atom stereocenters. The van der Waals surface area contributed by atoms with E-state index in [4.69, 9.17) is 5.11 Å². The average molecular weight is 310 g/mol. The van der Waals surface area contributed by atoms with Crippen LogP contribution in [-0.2, 0) is 9.59 Å². The van der Waals surface area contributed by atoms with Crippen LogP contribution in [0.15, 0.2) is 17.5 Å². The lowest BCUT2D eigenvalue weighted by Gasteiger charge is -2.20. The highest BCUT2D eigenvalue weighted by Crippen LogP contribution is 2.20. The van der Waals surface area contributed by atoms with E-state index in [1.54, 1.807) is 32.5 Å².